The van der Waals surface area contributed by atoms with Crippen LogP contribution in [-0.2, 0) is 20.1 Å². The van der Waals surface area contributed by atoms with Gasteiger partial charge in [-0.05, 0) is 50.1 Å². The number of benzene rings is 1. The lowest BCUT2D eigenvalue weighted by Crippen LogP contribution is -2.12. The average Bonchev–Trinajstić information content (AvgIpc) is 2.99. The lowest BCUT2D eigenvalue weighted by atomic mass is 10.1. The monoisotopic (exact) mass is 271 g/mol. The zero-order valence-electron chi connectivity index (χ0n) is 12.3. The van der Waals surface area contributed by atoms with E-state index < -0.39 is 0 Å². The van der Waals surface area contributed by atoms with Gasteiger partial charge in [0.25, 0.3) is 0 Å². The molecule has 1 atom stereocenters. The summed E-state index contributed by atoms with van der Waals surface area (Å²) in [7, 11) is 3.98. The first-order valence-corrected chi connectivity index (χ1v) is 7.10. The molecule has 1 aromatic heterocycles. The summed E-state index contributed by atoms with van der Waals surface area (Å²) in [6, 6.07) is 8.88. The molecule has 0 fully saturated rings. The van der Waals surface area contributed by atoms with Crippen LogP contribution < -0.4 is 10.1 Å². The number of fused-ring (bicyclic) bond motifs is 1. The second kappa shape index (κ2) is 5.29. The second-order valence-electron chi connectivity index (χ2n) is 5.39. The number of aryl methyl sites for hydroxylation is 2. The summed E-state index contributed by atoms with van der Waals surface area (Å²) in [5.41, 5.74) is 4.86. The lowest BCUT2D eigenvalue weighted by Gasteiger charge is -2.13. The van der Waals surface area contributed by atoms with Gasteiger partial charge in [0.1, 0.15) is 12.4 Å². The van der Waals surface area contributed by atoms with E-state index in [1.54, 1.807) is 0 Å². The fourth-order valence-corrected chi connectivity index (χ4v) is 3.01. The third-order valence-electron chi connectivity index (χ3n) is 4.05. The van der Waals surface area contributed by atoms with Gasteiger partial charge in [-0.15, -0.1) is 0 Å². The summed E-state index contributed by atoms with van der Waals surface area (Å²) >= 11 is 0. The molecule has 3 rings (SSSR count). The van der Waals surface area contributed by atoms with Crippen molar-refractivity contribution in [2.45, 2.75) is 32.4 Å². The largest absolute Gasteiger partial charge is 0.487 e. The van der Waals surface area contributed by atoms with E-state index in [1.165, 1.54) is 11.1 Å². The Bertz CT molecular complexity index is 618. The number of ether oxygens (including phenoxy) is 1. The zero-order chi connectivity index (χ0) is 14.1. The van der Waals surface area contributed by atoms with Crippen molar-refractivity contribution in [3.63, 3.8) is 0 Å². The van der Waals surface area contributed by atoms with Crippen molar-refractivity contribution in [1.29, 1.82) is 0 Å². The first kappa shape index (κ1) is 13.2. The Morgan fingerprint density at radius 2 is 2.30 bits per heavy atom. The van der Waals surface area contributed by atoms with Crippen molar-refractivity contribution >= 4 is 0 Å². The summed E-state index contributed by atoms with van der Waals surface area (Å²) in [5.74, 6) is 1.01. The van der Waals surface area contributed by atoms with Gasteiger partial charge in [0.15, 0.2) is 0 Å². The van der Waals surface area contributed by atoms with Crippen LogP contribution in [-0.4, -0.2) is 16.8 Å². The average molecular weight is 271 g/mol. The minimum atomic E-state index is 0.465. The van der Waals surface area contributed by atoms with E-state index in [0.29, 0.717) is 12.6 Å². The SMILES string of the molecule is CNC1CCc2c(OCc3cc(C)nn3C)cccc21. The Balaban J connectivity index is 1.79. The van der Waals surface area contributed by atoms with E-state index in [4.69, 9.17) is 4.74 Å². The molecular formula is C16H21N3O. The normalized spacial score (nSPS) is 17.2. The maximum absolute atomic E-state index is 6.03. The number of aromatic nitrogens is 2. The fraction of sp³-hybridized carbons (Fsp3) is 0.438. The Morgan fingerprint density at radius 3 is 3.00 bits per heavy atom. The summed E-state index contributed by atoms with van der Waals surface area (Å²) in [6.45, 7) is 2.57. The lowest BCUT2D eigenvalue weighted by molar-refractivity contribution is 0.292. The van der Waals surface area contributed by atoms with Crippen LogP contribution in [0, 0.1) is 6.92 Å². The van der Waals surface area contributed by atoms with Gasteiger partial charge in [-0.2, -0.15) is 5.10 Å². The van der Waals surface area contributed by atoms with Crippen LogP contribution in [0.25, 0.3) is 0 Å². The van der Waals surface area contributed by atoms with E-state index in [-0.39, 0.29) is 0 Å². The Labute approximate surface area is 119 Å². The highest BCUT2D eigenvalue weighted by Crippen LogP contribution is 2.36. The van der Waals surface area contributed by atoms with Crippen molar-refractivity contribution in [2.75, 3.05) is 7.05 Å². The second-order valence-corrected chi connectivity index (χ2v) is 5.39. The van der Waals surface area contributed by atoms with Crippen LogP contribution in [0.3, 0.4) is 0 Å². The standard InChI is InChI=1S/C16H21N3O/c1-11-9-12(19(3)18-11)10-20-16-6-4-5-13-14(16)7-8-15(13)17-2/h4-6,9,15,17H,7-8,10H2,1-3H3. The number of hydrogen-bond donors (Lipinski definition) is 1. The predicted molar refractivity (Wildman–Crippen MR) is 78.8 cm³/mol. The van der Waals surface area contributed by atoms with Crippen LogP contribution in [0.1, 0.15) is 35.0 Å². The molecule has 1 aromatic carbocycles. The number of nitrogens with one attached hydrogen (secondary N) is 1. The van der Waals surface area contributed by atoms with Crippen molar-refractivity contribution in [2.24, 2.45) is 7.05 Å². The van der Waals surface area contributed by atoms with Gasteiger partial charge in [0, 0.05) is 13.1 Å². The van der Waals surface area contributed by atoms with E-state index in [1.807, 2.05) is 25.7 Å². The summed E-state index contributed by atoms with van der Waals surface area (Å²) in [5, 5.41) is 7.71. The van der Waals surface area contributed by atoms with Crippen molar-refractivity contribution in [3.8, 4) is 5.75 Å². The molecule has 0 saturated carbocycles. The van der Waals surface area contributed by atoms with Crippen molar-refractivity contribution < 1.29 is 4.74 Å². The highest BCUT2D eigenvalue weighted by Gasteiger charge is 2.23. The molecule has 0 saturated heterocycles. The number of hydrogen-bond acceptors (Lipinski definition) is 3. The molecular weight excluding hydrogens is 250 g/mol. The van der Waals surface area contributed by atoms with Gasteiger partial charge in [-0.1, -0.05) is 12.1 Å². The van der Waals surface area contributed by atoms with Gasteiger partial charge in [0.2, 0.25) is 0 Å². The molecule has 0 radical (unpaired) electrons. The van der Waals surface area contributed by atoms with Gasteiger partial charge < -0.3 is 10.1 Å². The first-order chi connectivity index (χ1) is 9.69. The minimum absolute atomic E-state index is 0.465. The molecule has 1 aliphatic carbocycles. The van der Waals surface area contributed by atoms with E-state index in [9.17, 15) is 0 Å². The molecule has 1 aliphatic rings. The summed E-state index contributed by atoms with van der Waals surface area (Å²) < 4.78 is 7.92. The molecule has 1 unspecified atom stereocenters. The topological polar surface area (TPSA) is 39.1 Å². The van der Waals surface area contributed by atoms with E-state index in [0.717, 1.165) is 30.0 Å². The van der Waals surface area contributed by atoms with Crippen LogP contribution in [0.2, 0.25) is 0 Å². The van der Waals surface area contributed by atoms with Gasteiger partial charge >= 0.3 is 0 Å². The van der Waals surface area contributed by atoms with Crippen molar-refractivity contribution in [1.82, 2.24) is 15.1 Å². The Hall–Kier alpha value is -1.81. The quantitative estimate of drug-likeness (QED) is 0.928. The van der Waals surface area contributed by atoms with Crippen LogP contribution >= 0.6 is 0 Å². The predicted octanol–water partition coefficient (Wildman–Crippen LogP) is 2.51. The maximum Gasteiger partial charge on any atom is 0.130 e. The molecule has 0 amide bonds. The molecule has 4 nitrogen and oxygen atoms in total. The molecule has 2 aromatic rings. The smallest absolute Gasteiger partial charge is 0.130 e. The summed E-state index contributed by atoms with van der Waals surface area (Å²) in [4.78, 5) is 0. The van der Waals surface area contributed by atoms with Crippen LogP contribution in [0.5, 0.6) is 5.75 Å². The highest BCUT2D eigenvalue weighted by molar-refractivity contribution is 5.45. The highest BCUT2D eigenvalue weighted by atomic mass is 16.5. The minimum Gasteiger partial charge on any atom is -0.487 e. The van der Waals surface area contributed by atoms with Gasteiger partial charge in [-0.25, -0.2) is 0 Å². The molecule has 0 aliphatic heterocycles. The maximum atomic E-state index is 6.03. The van der Waals surface area contributed by atoms with Gasteiger partial charge in [0.05, 0.1) is 11.4 Å². The van der Waals surface area contributed by atoms with E-state index >= 15 is 0 Å². The zero-order valence-corrected chi connectivity index (χ0v) is 12.3. The summed E-state index contributed by atoms with van der Waals surface area (Å²) in [6.07, 6.45) is 2.23. The molecule has 0 spiro atoms. The molecule has 20 heavy (non-hydrogen) atoms. The molecule has 106 valence electrons. The first-order valence-electron chi connectivity index (χ1n) is 7.10. The Kier molecular flexibility index (Phi) is 3.49. The fourth-order valence-electron chi connectivity index (χ4n) is 3.01. The molecule has 0 bridgehead atoms. The van der Waals surface area contributed by atoms with Crippen LogP contribution in [0.4, 0.5) is 0 Å². The Morgan fingerprint density at radius 1 is 1.45 bits per heavy atom. The number of rotatable bonds is 4. The third-order valence-corrected chi connectivity index (χ3v) is 4.05. The van der Waals surface area contributed by atoms with Crippen LogP contribution in [0.15, 0.2) is 24.3 Å². The third kappa shape index (κ3) is 2.31. The van der Waals surface area contributed by atoms with Crippen molar-refractivity contribution in [3.05, 3.63) is 46.8 Å². The number of nitrogens with zero attached hydrogens (tertiary/aromatic N) is 2. The van der Waals surface area contributed by atoms with Gasteiger partial charge in [-0.3, -0.25) is 4.68 Å². The molecule has 1 heterocycles. The van der Waals surface area contributed by atoms with E-state index in [2.05, 4.69) is 34.7 Å². The molecule has 1 N–H and O–H groups in total. The molecule has 4 heteroatoms.